The number of para-hydroxylation sites is 4. The minimum absolute atomic E-state index is 0. The van der Waals surface area contributed by atoms with Gasteiger partial charge < -0.3 is 28.9 Å². The Hall–Kier alpha value is -13.9. The molecule has 514 valence electrons. The molecule has 0 saturated heterocycles. The minimum Gasteiger partial charge on any atom is -0.656 e. The Bertz CT molecular complexity index is 6160. The fraction of sp³-hybridized carbons (Fsp3) is 0. The molecule has 3 aliphatic rings. The maximum Gasteiger partial charge on any atom is 2.00 e. The van der Waals surface area contributed by atoms with Crippen LogP contribution in [0.15, 0.2) is 364 Å². The average molecular weight is 1580 g/mol. The third-order valence-corrected chi connectivity index (χ3v) is 20.9. The minimum atomic E-state index is 0. The molecule has 8 bridgehead atoms. The molecule has 0 N–H and O–H groups in total. The van der Waals surface area contributed by atoms with Crippen LogP contribution in [-0.4, -0.2) is 9.97 Å². The van der Waals surface area contributed by atoms with E-state index in [9.17, 15) is 0 Å². The fourth-order valence-corrected chi connectivity index (χ4v) is 15.8. The summed E-state index contributed by atoms with van der Waals surface area (Å²) in [6.45, 7) is 0. The molecule has 16 aromatic carbocycles. The van der Waals surface area contributed by atoms with Crippen LogP contribution in [0.2, 0.25) is 0 Å². The van der Waals surface area contributed by atoms with E-state index in [0.29, 0.717) is 23.0 Å². The van der Waals surface area contributed by atoms with Gasteiger partial charge in [-0.2, -0.15) is 0 Å². The molecule has 0 atom stereocenters. The zero-order chi connectivity index (χ0) is 71.2. The molecule has 8 nitrogen and oxygen atoms in total. The number of nitrogens with zero attached hydrogens (tertiary/aromatic N) is 4. The van der Waals surface area contributed by atoms with Crippen LogP contribution >= 0.6 is 0 Å². The number of hydrogen-bond acceptors (Lipinski definition) is 6. The summed E-state index contributed by atoms with van der Waals surface area (Å²) in [7, 11) is 0. The summed E-state index contributed by atoms with van der Waals surface area (Å²) in [5, 5.41) is 12.3. The first-order valence-electron chi connectivity index (χ1n) is 36.3. The monoisotopic (exact) mass is 1580 g/mol. The van der Waals surface area contributed by atoms with Gasteiger partial charge in [-0.25, -0.2) is 9.97 Å². The summed E-state index contributed by atoms with van der Waals surface area (Å²) in [6.07, 6.45) is 0. The topological polar surface area (TPSA) is 90.9 Å². The van der Waals surface area contributed by atoms with E-state index < -0.39 is 0 Å². The van der Waals surface area contributed by atoms with Gasteiger partial charge in [0.2, 0.25) is 0 Å². The molecule has 0 unspecified atom stereocenters. The van der Waals surface area contributed by atoms with E-state index in [2.05, 4.69) is 243 Å². The second-order valence-electron chi connectivity index (χ2n) is 27.5. The van der Waals surface area contributed by atoms with E-state index in [-0.39, 0.29) is 21.1 Å². The predicted octanol–water partition coefficient (Wildman–Crippen LogP) is 27.0. The molecule has 1 aliphatic carbocycles. The van der Waals surface area contributed by atoms with Gasteiger partial charge in [-0.3, -0.25) is 0 Å². The van der Waals surface area contributed by atoms with Gasteiger partial charge in [-0.1, -0.05) is 218 Å². The standard InChI is InChI=1S/C100H60N4O4.Pt/c1-5-29-73(30-6-1)105-77-45-37-61(38-46-77)89-93-81-53-65-21-13-15-23-67(65)55-83(81)95(101-93)90(62-39-47-78(48-40-62)106-74-31-7-2-8-32-74)97-85-57-69-25-17-19-27-71(69)59-87(85)99(103-97)92(64-43-51-80(52-44-64)108-76-35-11-4-12-36-76)100-88-60-72-28-20-18-26-70(72)58-86(88)98(104-100)91(63-41-49-79(50-42-63)107-75-33-9-3-10-34-75)96-84-56-68-24-16-14-22-66(68)54-82(84)94(89)102-96;/h1-60H;/q-2;+2. The molecule has 9 heteroatoms. The van der Waals surface area contributed by atoms with Gasteiger partial charge in [0, 0.05) is 22.3 Å². The second-order valence-corrected chi connectivity index (χ2v) is 27.5. The Morgan fingerprint density at radius 3 is 0.560 bits per heavy atom. The Labute approximate surface area is 641 Å². The molecule has 21 rings (SSSR count). The van der Waals surface area contributed by atoms with Crippen molar-refractivity contribution in [1.82, 2.24) is 19.9 Å². The summed E-state index contributed by atoms with van der Waals surface area (Å²) in [5.74, 6) is 5.69. The van der Waals surface area contributed by atoms with Crippen molar-refractivity contribution in [3.8, 4) is 136 Å². The van der Waals surface area contributed by atoms with Crippen LogP contribution in [0, 0.1) is 0 Å². The maximum absolute atomic E-state index is 6.61. The molecule has 0 spiro atoms. The van der Waals surface area contributed by atoms with Crippen molar-refractivity contribution in [2.75, 3.05) is 0 Å². The van der Waals surface area contributed by atoms with Crippen molar-refractivity contribution in [3.05, 3.63) is 364 Å². The number of hydrogen-bond donors (Lipinski definition) is 0. The van der Waals surface area contributed by atoms with Gasteiger partial charge >= 0.3 is 21.1 Å². The molecule has 0 amide bonds. The van der Waals surface area contributed by atoms with Crippen LogP contribution in [0.1, 0.15) is 0 Å². The number of benzene rings is 16. The van der Waals surface area contributed by atoms with E-state index in [0.717, 1.165) is 199 Å². The van der Waals surface area contributed by atoms with Crippen LogP contribution in [0.4, 0.5) is 0 Å². The van der Waals surface area contributed by atoms with Crippen LogP contribution < -0.4 is 28.9 Å². The summed E-state index contributed by atoms with van der Waals surface area (Å²) < 4.78 is 26.4. The van der Waals surface area contributed by atoms with Crippen LogP contribution in [-0.2, 0) is 21.1 Å². The zero-order valence-electron chi connectivity index (χ0n) is 58.4. The zero-order valence-corrected chi connectivity index (χ0v) is 60.7. The molecule has 18 aromatic rings. The van der Waals surface area contributed by atoms with Crippen molar-refractivity contribution in [1.29, 1.82) is 0 Å². The Kier molecular flexibility index (Phi) is 16.0. The summed E-state index contributed by atoms with van der Waals surface area (Å²) in [6, 6.07) is 126. The first kappa shape index (κ1) is 64.7. The number of rotatable bonds is 12. The Balaban J connectivity index is 0.00000780. The smallest absolute Gasteiger partial charge is 0.656 e. The van der Waals surface area contributed by atoms with Gasteiger partial charge in [0.25, 0.3) is 0 Å². The van der Waals surface area contributed by atoms with Crippen molar-refractivity contribution in [2.45, 2.75) is 0 Å². The first-order valence-corrected chi connectivity index (χ1v) is 36.3. The number of fused-ring (bicyclic) bond motifs is 4. The van der Waals surface area contributed by atoms with Gasteiger partial charge in [-0.05, 0) is 255 Å². The van der Waals surface area contributed by atoms with Crippen molar-refractivity contribution in [2.24, 2.45) is 0 Å². The quantitative estimate of drug-likeness (QED) is 0.119. The molecule has 2 aromatic heterocycles. The first-order chi connectivity index (χ1) is 53.5. The predicted molar refractivity (Wildman–Crippen MR) is 441 cm³/mol. The normalized spacial score (nSPS) is 11.6. The Morgan fingerprint density at radius 2 is 0.358 bits per heavy atom. The molecule has 0 radical (unpaired) electrons. The van der Waals surface area contributed by atoms with Crippen molar-refractivity contribution >= 4 is 86.7 Å². The van der Waals surface area contributed by atoms with E-state index in [1.807, 2.05) is 121 Å². The van der Waals surface area contributed by atoms with Crippen molar-refractivity contribution in [3.63, 3.8) is 0 Å². The molecule has 0 saturated carbocycles. The van der Waals surface area contributed by atoms with E-state index >= 15 is 0 Å². The van der Waals surface area contributed by atoms with Gasteiger partial charge in [0.1, 0.15) is 46.0 Å². The average Bonchev–Trinajstić information content (AvgIpc) is 1.56. The third kappa shape index (κ3) is 11.6. The van der Waals surface area contributed by atoms with Gasteiger partial charge in [-0.15, -0.1) is 22.1 Å². The summed E-state index contributed by atoms with van der Waals surface area (Å²) in [5.41, 5.74) is 16.6. The summed E-state index contributed by atoms with van der Waals surface area (Å²) >= 11 is 0. The molecule has 0 fully saturated rings. The molecule has 4 heterocycles. The molecular weight excluding hydrogens is 1520 g/mol. The largest absolute Gasteiger partial charge is 2.00 e. The van der Waals surface area contributed by atoms with Gasteiger partial charge in [0.05, 0.1) is 22.8 Å². The van der Waals surface area contributed by atoms with Crippen LogP contribution in [0.5, 0.6) is 46.0 Å². The van der Waals surface area contributed by atoms with E-state index in [1.54, 1.807) is 0 Å². The van der Waals surface area contributed by atoms with Gasteiger partial charge in [0.15, 0.2) is 0 Å². The van der Waals surface area contributed by atoms with E-state index in [4.69, 9.17) is 38.9 Å². The summed E-state index contributed by atoms with van der Waals surface area (Å²) in [4.78, 5) is 25.2. The molecule has 2 aliphatic heterocycles. The van der Waals surface area contributed by atoms with Crippen molar-refractivity contribution < 1.29 is 40.0 Å². The number of ether oxygens (including phenoxy) is 4. The fourth-order valence-electron chi connectivity index (χ4n) is 15.8. The maximum atomic E-state index is 6.61. The SMILES string of the molecule is [Pt+2].c1ccc(Oc2ccc(-c3c4nc(c(-c5ccc(Oc6ccccc6)cc5)c5[n-]c(c(-c6ccc(Oc7ccccc7)cc6)c6nc(c(-c7ccc(Oc8ccccc8)cc7)c7[n-]c3c3cc8ccccc8cc73)-c3cc7ccccc7cc3-6)c3cc6ccccc6cc53)-c3cc5ccccc5cc3-4)cc2)cc1. The molecular formula is C100H60N4O4Pt. The third-order valence-electron chi connectivity index (χ3n) is 20.9. The second kappa shape index (κ2) is 26.9. The Morgan fingerprint density at radius 1 is 0.183 bits per heavy atom. The van der Waals surface area contributed by atoms with Crippen LogP contribution in [0.25, 0.3) is 176 Å². The molecule has 109 heavy (non-hydrogen) atoms. The van der Waals surface area contributed by atoms with E-state index in [1.165, 1.54) is 0 Å². The van der Waals surface area contributed by atoms with Crippen LogP contribution in [0.3, 0.4) is 0 Å². The number of aromatic nitrogens is 4.